The van der Waals surface area contributed by atoms with Crippen molar-refractivity contribution in [2.75, 3.05) is 5.88 Å². The van der Waals surface area contributed by atoms with Gasteiger partial charge in [-0.25, -0.2) is 0 Å². The molecule has 96 valence electrons. The van der Waals surface area contributed by atoms with Gasteiger partial charge in [0.15, 0.2) is 0 Å². The van der Waals surface area contributed by atoms with Crippen molar-refractivity contribution in [3.63, 3.8) is 0 Å². The molecule has 0 N–H and O–H groups in total. The smallest absolute Gasteiger partial charge is 0.0406 e. The summed E-state index contributed by atoms with van der Waals surface area (Å²) in [5.74, 6) is 2.14. The Morgan fingerprint density at radius 3 is 2.24 bits per heavy atom. The van der Waals surface area contributed by atoms with E-state index >= 15 is 0 Å². The molecule has 1 aromatic rings. The molecule has 0 aliphatic rings. The van der Waals surface area contributed by atoms with Crippen LogP contribution >= 0.6 is 23.2 Å². The summed E-state index contributed by atoms with van der Waals surface area (Å²) in [4.78, 5) is 0. The summed E-state index contributed by atoms with van der Waals surface area (Å²) in [6, 6.07) is 8.11. The predicted molar refractivity (Wildman–Crippen MR) is 78.1 cm³/mol. The molecule has 1 unspecified atom stereocenters. The Hall–Kier alpha value is -0.200. The average molecular weight is 273 g/mol. The second-order valence-electron chi connectivity index (χ2n) is 5.18. The van der Waals surface area contributed by atoms with Crippen LogP contribution in [0.25, 0.3) is 0 Å². The molecule has 0 nitrogen and oxygen atoms in total. The fraction of sp³-hybridized carbons (Fsp3) is 0.600. The van der Waals surface area contributed by atoms with Gasteiger partial charge in [-0.1, -0.05) is 50.4 Å². The van der Waals surface area contributed by atoms with Gasteiger partial charge in [-0.15, -0.1) is 11.6 Å². The van der Waals surface area contributed by atoms with Gasteiger partial charge in [-0.3, -0.25) is 0 Å². The SMILES string of the molecule is CC(C)CCCC(CCl)Cc1ccc(Cl)cc1. The van der Waals surface area contributed by atoms with E-state index in [1.165, 1.54) is 24.8 Å². The number of alkyl halides is 1. The maximum Gasteiger partial charge on any atom is 0.0406 e. The van der Waals surface area contributed by atoms with Gasteiger partial charge >= 0.3 is 0 Å². The first kappa shape index (κ1) is 14.9. The Morgan fingerprint density at radius 1 is 1.06 bits per heavy atom. The van der Waals surface area contributed by atoms with Crippen LogP contribution in [0, 0.1) is 11.8 Å². The van der Waals surface area contributed by atoms with Crippen LogP contribution in [0.3, 0.4) is 0 Å². The van der Waals surface area contributed by atoms with Crippen LogP contribution in [-0.4, -0.2) is 5.88 Å². The lowest BCUT2D eigenvalue weighted by molar-refractivity contribution is 0.459. The van der Waals surface area contributed by atoms with Crippen molar-refractivity contribution in [1.29, 1.82) is 0 Å². The largest absolute Gasteiger partial charge is 0.126 e. The normalized spacial score (nSPS) is 13.0. The van der Waals surface area contributed by atoms with Crippen LogP contribution in [0.15, 0.2) is 24.3 Å². The summed E-state index contributed by atoms with van der Waals surface area (Å²) in [6.45, 7) is 4.55. The summed E-state index contributed by atoms with van der Waals surface area (Å²) in [6.07, 6.45) is 4.87. The van der Waals surface area contributed by atoms with Crippen molar-refractivity contribution >= 4 is 23.2 Å². The average Bonchev–Trinajstić information content (AvgIpc) is 2.30. The monoisotopic (exact) mass is 272 g/mol. The highest BCUT2D eigenvalue weighted by atomic mass is 35.5. The predicted octanol–water partition coefficient (Wildman–Crippen LogP) is 5.56. The van der Waals surface area contributed by atoms with Crippen molar-refractivity contribution in [3.8, 4) is 0 Å². The quantitative estimate of drug-likeness (QED) is 0.570. The second kappa shape index (κ2) is 8.00. The van der Waals surface area contributed by atoms with E-state index in [4.69, 9.17) is 23.2 Å². The van der Waals surface area contributed by atoms with Crippen molar-refractivity contribution in [1.82, 2.24) is 0 Å². The molecule has 2 heteroatoms. The topological polar surface area (TPSA) is 0 Å². The highest BCUT2D eigenvalue weighted by Gasteiger charge is 2.09. The number of benzene rings is 1. The van der Waals surface area contributed by atoms with E-state index < -0.39 is 0 Å². The standard InChI is InChI=1S/C15H22Cl2/c1-12(2)4-3-5-14(11-16)10-13-6-8-15(17)9-7-13/h6-9,12,14H,3-5,10-11H2,1-2H3. The number of hydrogen-bond donors (Lipinski definition) is 0. The second-order valence-corrected chi connectivity index (χ2v) is 5.92. The van der Waals surface area contributed by atoms with E-state index in [1.807, 2.05) is 12.1 Å². The summed E-state index contributed by atoms with van der Waals surface area (Å²) in [5, 5.41) is 0.802. The zero-order valence-corrected chi connectivity index (χ0v) is 12.3. The van der Waals surface area contributed by atoms with Gasteiger partial charge in [-0.05, 0) is 42.4 Å². The molecule has 1 atom stereocenters. The summed E-state index contributed by atoms with van der Waals surface area (Å²) in [7, 11) is 0. The molecular formula is C15H22Cl2. The molecule has 0 aliphatic carbocycles. The minimum atomic E-state index is 0.594. The number of halogens is 2. The number of rotatable bonds is 7. The highest BCUT2D eigenvalue weighted by Crippen LogP contribution is 2.20. The van der Waals surface area contributed by atoms with Gasteiger partial charge in [0.25, 0.3) is 0 Å². The maximum atomic E-state index is 6.04. The van der Waals surface area contributed by atoms with Crippen LogP contribution in [0.5, 0.6) is 0 Å². The molecule has 0 amide bonds. The molecule has 0 saturated carbocycles. The van der Waals surface area contributed by atoms with E-state index in [0.717, 1.165) is 23.2 Å². The van der Waals surface area contributed by atoms with Crippen LogP contribution in [0.2, 0.25) is 5.02 Å². The van der Waals surface area contributed by atoms with Gasteiger partial charge < -0.3 is 0 Å². The first-order chi connectivity index (χ1) is 8.11. The van der Waals surface area contributed by atoms with Crippen molar-refractivity contribution in [3.05, 3.63) is 34.9 Å². The Balaban J connectivity index is 2.38. The first-order valence-corrected chi connectivity index (χ1v) is 7.33. The van der Waals surface area contributed by atoms with E-state index in [0.29, 0.717) is 5.92 Å². The van der Waals surface area contributed by atoms with Crippen molar-refractivity contribution < 1.29 is 0 Å². The zero-order chi connectivity index (χ0) is 12.7. The fourth-order valence-corrected chi connectivity index (χ4v) is 2.39. The van der Waals surface area contributed by atoms with E-state index in [1.54, 1.807) is 0 Å². The van der Waals surface area contributed by atoms with E-state index in [9.17, 15) is 0 Å². The van der Waals surface area contributed by atoms with Crippen LogP contribution < -0.4 is 0 Å². The first-order valence-electron chi connectivity index (χ1n) is 6.42. The zero-order valence-electron chi connectivity index (χ0n) is 10.8. The third kappa shape index (κ3) is 6.33. The molecular weight excluding hydrogens is 251 g/mol. The van der Waals surface area contributed by atoms with Crippen LogP contribution in [0.4, 0.5) is 0 Å². The minimum Gasteiger partial charge on any atom is -0.126 e. The lowest BCUT2D eigenvalue weighted by atomic mass is 9.94. The van der Waals surface area contributed by atoms with E-state index in [2.05, 4.69) is 26.0 Å². The fourth-order valence-electron chi connectivity index (χ4n) is 2.00. The molecule has 1 aromatic carbocycles. The number of hydrogen-bond acceptors (Lipinski definition) is 0. The molecule has 0 aliphatic heterocycles. The lowest BCUT2D eigenvalue weighted by Gasteiger charge is -2.14. The Morgan fingerprint density at radius 2 is 1.71 bits per heavy atom. The highest BCUT2D eigenvalue weighted by molar-refractivity contribution is 6.30. The van der Waals surface area contributed by atoms with Crippen molar-refractivity contribution in [2.45, 2.75) is 39.5 Å². The van der Waals surface area contributed by atoms with Gasteiger partial charge in [0.1, 0.15) is 0 Å². The third-order valence-electron chi connectivity index (χ3n) is 3.05. The molecule has 0 heterocycles. The Bertz CT molecular complexity index is 303. The van der Waals surface area contributed by atoms with Crippen LogP contribution in [-0.2, 0) is 6.42 Å². The lowest BCUT2D eigenvalue weighted by Crippen LogP contribution is -2.07. The summed E-state index contributed by atoms with van der Waals surface area (Å²) in [5.41, 5.74) is 1.34. The molecule has 17 heavy (non-hydrogen) atoms. The van der Waals surface area contributed by atoms with Gasteiger partial charge in [0.2, 0.25) is 0 Å². The van der Waals surface area contributed by atoms with Crippen molar-refractivity contribution in [2.24, 2.45) is 11.8 Å². The third-order valence-corrected chi connectivity index (χ3v) is 3.74. The van der Waals surface area contributed by atoms with Gasteiger partial charge in [0, 0.05) is 10.9 Å². The molecule has 0 saturated heterocycles. The van der Waals surface area contributed by atoms with Gasteiger partial charge in [-0.2, -0.15) is 0 Å². The maximum absolute atomic E-state index is 6.04. The van der Waals surface area contributed by atoms with E-state index in [-0.39, 0.29) is 0 Å². The summed E-state index contributed by atoms with van der Waals surface area (Å²) < 4.78 is 0. The molecule has 0 fully saturated rings. The Labute approximate surface area is 115 Å². The summed E-state index contributed by atoms with van der Waals surface area (Å²) >= 11 is 11.9. The van der Waals surface area contributed by atoms with Crippen LogP contribution in [0.1, 0.15) is 38.7 Å². The van der Waals surface area contributed by atoms with Gasteiger partial charge in [0.05, 0.1) is 0 Å². The Kier molecular flexibility index (Phi) is 6.99. The molecule has 0 radical (unpaired) electrons. The molecule has 0 aromatic heterocycles. The minimum absolute atomic E-state index is 0.594. The molecule has 1 rings (SSSR count). The molecule has 0 spiro atoms. The molecule has 0 bridgehead atoms.